The minimum absolute atomic E-state index is 0.0136. The van der Waals surface area contributed by atoms with Crippen molar-refractivity contribution in [2.45, 2.75) is 45.6 Å². The molecule has 0 unspecified atom stereocenters. The zero-order chi connectivity index (χ0) is 18.7. The van der Waals surface area contributed by atoms with E-state index >= 15 is 0 Å². The number of nitrogens with one attached hydrogen (secondary N) is 1. The molecule has 1 aliphatic heterocycles. The van der Waals surface area contributed by atoms with Crippen molar-refractivity contribution in [2.24, 2.45) is 0 Å². The van der Waals surface area contributed by atoms with Crippen LogP contribution in [0.1, 0.15) is 47.1 Å². The molecule has 3 rings (SSSR count). The van der Waals surface area contributed by atoms with Crippen LogP contribution in [-0.4, -0.2) is 16.4 Å². The number of nitrogens with zero attached hydrogens (tertiary/aromatic N) is 1. The van der Waals surface area contributed by atoms with Crippen molar-refractivity contribution in [1.29, 1.82) is 0 Å². The molecule has 2 amide bonds. The fourth-order valence-electron chi connectivity index (χ4n) is 3.30. The molecule has 1 aromatic heterocycles. The van der Waals surface area contributed by atoms with Gasteiger partial charge in [-0.05, 0) is 37.0 Å². The molecule has 0 bridgehead atoms. The number of fused-ring (bicyclic) bond motifs is 1. The number of unbranched alkanes of at least 4 members (excludes halogenated alkanes) is 1. The van der Waals surface area contributed by atoms with E-state index in [2.05, 4.69) is 12.2 Å². The maximum atomic E-state index is 13.1. The molecule has 0 aliphatic carbocycles. The monoisotopic (exact) mass is 356 g/mol. The van der Waals surface area contributed by atoms with Crippen molar-refractivity contribution in [3.8, 4) is 0 Å². The second kappa shape index (κ2) is 7.64. The summed E-state index contributed by atoms with van der Waals surface area (Å²) in [6, 6.07) is 7.76. The number of pyridine rings is 1. The summed E-state index contributed by atoms with van der Waals surface area (Å²) in [6.07, 6.45) is 3.22. The number of hydrogen-bond donors (Lipinski definition) is 1. The van der Waals surface area contributed by atoms with E-state index in [1.54, 1.807) is 12.1 Å². The number of carbonyl (C=O) groups is 2. The van der Waals surface area contributed by atoms with Gasteiger partial charge in [-0.2, -0.15) is 0 Å². The molecule has 0 radical (unpaired) electrons. The summed E-state index contributed by atoms with van der Waals surface area (Å²) >= 11 is 0. The number of halogens is 1. The minimum atomic E-state index is -0.626. The Morgan fingerprint density at radius 1 is 1.12 bits per heavy atom. The zero-order valence-electron chi connectivity index (χ0n) is 14.7. The number of amides is 2. The molecule has 0 fully saturated rings. The molecule has 2 heterocycles. The average Bonchev–Trinajstić information content (AvgIpc) is 2.60. The van der Waals surface area contributed by atoms with Crippen LogP contribution >= 0.6 is 0 Å². The molecular weight excluding hydrogens is 335 g/mol. The minimum Gasteiger partial charge on any atom is -0.347 e. The number of carbonyl (C=O) groups excluding carboxylic acids is 2. The Morgan fingerprint density at radius 3 is 2.54 bits per heavy atom. The predicted molar refractivity (Wildman–Crippen MR) is 95.6 cm³/mol. The lowest BCUT2D eigenvalue weighted by Gasteiger charge is -2.24. The molecular formula is C20H21FN2O3. The highest BCUT2D eigenvalue weighted by Crippen LogP contribution is 2.17. The number of aromatic nitrogens is 1. The molecule has 26 heavy (non-hydrogen) atoms. The molecule has 0 atom stereocenters. The second-order valence-electron chi connectivity index (χ2n) is 6.51. The van der Waals surface area contributed by atoms with Gasteiger partial charge < -0.3 is 4.57 Å². The van der Waals surface area contributed by atoms with Crippen LogP contribution < -0.4 is 10.7 Å². The molecule has 1 aliphatic rings. The first-order valence-electron chi connectivity index (χ1n) is 8.83. The molecule has 0 saturated carbocycles. The van der Waals surface area contributed by atoms with E-state index in [-0.39, 0.29) is 23.2 Å². The SMILES string of the molecule is CCCCc1cc(=O)c2c(n1CCc1ccc(F)cc1)CC(=O)NC2=O. The van der Waals surface area contributed by atoms with Crippen molar-refractivity contribution in [3.63, 3.8) is 0 Å². The lowest BCUT2D eigenvalue weighted by Crippen LogP contribution is -2.43. The normalized spacial score (nSPS) is 13.5. The summed E-state index contributed by atoms with van der Waals surface area (Å²) < 4.78 is 15.0. The van der Waals surface area contributed by atoms with E-state index in [1.165, 1.54) is 18.2 Å². The van der Waals surface area contributed by atoms with Crippen LogP contribution in [0.5, 0.6) is 0 Å². The summed E-state index contributed by atoms with van der Waals surface area (Å²) in [7, 11) is 0. The van der Waals surface area contributed by atoms with Gasteiger partial charge in [0.15, 0.2) is 5.43 Å². The molecule has 6 heteroatoms. The Hall–Kier alpha value is -2.76. The van der Waals surface area contributed by atoms with Gasteiger partial charge in [0.25, 0.3) is 5.91 Å². The van der Waals surface area contributed by atoms with Crippen molar-refractivity contribution in [1.82, 2.24) is 9.88 Å². The van der Waals surface area contributed by atoms with Gasteiger partial charge in [0, 0.05) is 24.0 Å². The highest BCUT2D eigenvalue weighted by Gasteiger charge is 2.28. The van der Waals surface area contributed by atoms with E-state index in [0.717, 1.165) is 24.1 Å². The highest BCUT2D eigenvalue weighted by atomic mass is 19.1. The molecule has 0 spiro atoms. The average molecular weight is 356 g/mol. The molecule has 2 aromatic rings. The summed E-state index contributed by atoms with van der Waals surface area (Å²) in [4.78, 5) is 36.4. The molecule has 1 aromatic carbocycles. The van der Waals surface area contributed by atoms with Gasteiger partial charge >= 0.3 is 0 Å². The number of imide groups is 1. The van der Waals surface area contributed by atoms with E-state index in [9.17, 15) is 18.8 Å². The van der Waals surface area contributed by atoms with E-state index < -0.39 is 11.8 Å². The highest BCUT2D eigenvalue weighted by molar-refractivity contribution is 6.09. The Kier molecular flexibility index (Phi) is 5.30. The number of hydrogen-bond acceptors (Lipinski definition) is 3. The van der Waals surface area contributed by atoms with Crippen molar-refractivity contribution < 1.29 is 14.0 Å². The van der Waals surface area contributed by atoms with Crippen molar-refractivity contribution in [2.75, 3.05) is 0 Å². The fourth-order valence-corrected chi connectivity index (χ4v) is 3.30. The van der Waals surface area contributed by atoms with Crippen molar-refractivity contribution in [3.05, 3.63) is 68.9 Å². The first kappa shape index (κ1) is 18.0. The van der Waals surface area contributed by atoms with Crippen LogP contribution in [0.15, 0.2) is 35.1 Å². The third-order valence-electron chi connectivity index (χ3n) is 4.64. The third kappa shape index (κ3) is 3.74. The van der Waals surface area contributed by atoms with Crippen LogP contribution in [0.4, 0.5) is 4.39 Å². The van der Waals surface area contributed by atoms with Gasteiger partial charge in [-0.15, -0.1) is 0 Å². The third-order valence-corrected chi connectivity index (χ3v) is 4.64. The van der Waals surface area contributed by atoms with Gasteiger partial charge in [0.1, 0.15) is 11.4 Å². The smallest absolute Gasteiger partial charge is 0.263 e. The first-order chi connectivity index (χ1) is 12.5. The molecule has 5 nitrogen and oxygen atoms in total. The number of aryl methyl sites for hydroxylation is 2. The summed E-state index contributed by atoms with van der Waals surface area (Å²) in [6.45, 7) is 2.59. The molecule has 0 saturated heterocycles. The van der Waals surface area contributed by atoms with E-state index in [1.807, 2.05) is 4.57 Å². The Labute approximate surface area is 150 Å². The van der Waals surface area contributed by atoms with Crippen LogP contribution in [0.25, 0.3) is 0 Å². The number of rotatable bonds is 6. The van der Waals surface area contributed by atoms with Gasteiger partial charge in [-0.3, -0.25) is 19.7 Å². The van der Waals surface area contributed by atoms with Crippen LogP contribution in [0, 0.1) is 5.82 Å². The van der Waals surface area contributed by atoms with Crippen LogP contribution in [-0.2, 0) is 30.6 Å². The van der Waals surface area contributed by atoms with Gasteiger partial charge in [0.05, 0.1) is 6.42 Å². The Bertz CT molecular complexity index is 901. The summed E-state index contributed by atoms with van der Waals surface area (Å²) in [5.74, 6) is -1.32. The molecule has 136 valence electrons. The second-order valence-corrected chi connectivity index (χ2v) is 6.51. The first-order valence-corrected chi connectivity index (χ1v) is 8.83. The van der Waals surface area contributed by atoms with Crippen LogP contribution in [0.2, 0.25) is 0 Å². The predicted octanol–water partition coefficient (Wildman–Crippen LogP) is 2.39. The quantitative estimate of drug-likeness (QED) is 0.808. The zero-order valence-corrected chi connectivity index (χ0v) is 14.7. The standard InChI is InChI=1S/C20H21FN2O3/c1-2-3-4-15-11-17(24)19-16(12-18(25)22-20(19)26)23(15)10-9-13-5-7-14(21)8-6-13/h5-8,11H,2-4,9-10,12H2,1H3,(H,22,25,26). The lowest BCUT2D eigenvalue weighted by atomic mass is 10.0. The Morgan fingerprint density at radius 2 is 1.85 bits per heavy atom. The van der Waals surface area contributed by atoms with E-state index in [0.29, 0.717) is 25.1 Å². The summed E-state index contributed by atoms with van der Waals surface area (Å²) in [5.41, 5.74) is 1.99. The molecule has 1 N–H and O–H groups in total. The maximum absolute atomic E-state index is 13.1. The lowest BCUT2D eigenvalue weighted by molar-refractivity contribution is -0.119. The van der Waals surface area contributed by atoms with Crippen molar-refractivity contribution >= 4 is 11.8 Å². The maximum Gasteiger partial charge on any atom is 0.263 e. The fraction of sp³-hybridized carbons (Fsp3) is 0.350. The number of benzene rings is 1. The van der Waals surface area contributed by atoms with Gasteiger partial charge in [-0.25, -0.2) is 4.39 Å². The largest absolute Gasteiger partial charge is 0.347 e. The topological polar surface area (TPSA) is 68.2 Å². The van der Waals surface area contributed by atoms with Crippen LogP contribution in [0.3, 0.4) is 0 Å². The Balaban J connectivity index is 2.00. The van der Waals surface area contributed by atoms with E-state index in [4.69, 9.17) is 0 Å². The van der Waals surface area contributed by atoms with Gasteiger partial charge in [0.2, 0.25) is 5.91 Å². The summed E-state index contributed by atoms with van der Waals surface area (Å²) in [5, 5.41) is 2.21. The van der Waals surface area contributed by atoms with Gasteiger partial charge in [-0.1, -0.05) is 25.5 Å².